The molecule has 1 heterocycles. The molecule has 0 amide bonds. The maximum absolute atomic E-state index is 6.52. The van der Waals surface area contributed by atoms with Gasteiger partial charge in [0.2, 0.25) is 5.11 Å². The molecule has 134 valence electrons. The number of aliphatic imine (C=N–C) groups is 1. The van der Waals surface area contributed by atoms with Gasteiger partial charge in [0.15, 0.2) is 0 Å². The number of rotatable bonds is 2. The summed E-state index contributed by atoms with van der Waals surface area (Å²) in [5, 5.41) is 4.94. The monoisotopic (exact) mass is 383 g/mol. The first kappa shape index (κ1) is 17.5. The molecule has 1 aliphatic carbocycles. The number of amidine groups is 1. The van der Waals surface area contributed by atoms with Gasteiger partial charge in [-0.05, 0) is 62.2 Å². The van der Waals surface area contributed by atoms with E-state index in [9.17, 15) is 0 Å². The number of benzene rings is 2. The Labute approximate surface area is 165 Å². The number of para-hydroxylation sites is 2. The van der Waals surface area contributed by atoms with Crippen LogP contribution in [0.1, 0.15) is 36.8 Å². The summed E-state index contributed by atoms with van der Waals surface area (Å²) in [5.74, 6) is 0.956. The molecule has 0 unspecified atom stereocenters. The van der Waals surface area contributed by atoms with E-state index in [0.29, 0.717) is 10.1 Å². The van der Waals surface area contributed by atoms with Gasteiger partial charge in [-0.25, -0.2) is 4.99 Å². The number of aryl methyl sites for hydroxylation is 2. The number of anilines is 2. The summed E-state index contributed by atoms with van der Waals surface area (Å²) in [4.78, 5) is 6.98. The molecule has 0 bridgehead atoms. The van der Waals surface area contributed by atoms with Gasteiger partial charge >= 0.3 is 0 Å². The molecule has 0 saturated heterocycles. The maximum Gasteiger partial charge on any atom is 0.202 e. The SMILES string of the molecule is Cc1cccc(C)c1NC1=NC(=S)N(c2ccccc2Cl)C12CCCC2. The van der Waals surface area contributed by atoms with Gasteiger partial charge < -0.3 is 10.2 Å². The number of nitrogens with zero attached hydrogens (tertiary/aromatic N) is 2. The van der Waals surface area contributed by atoms with Crippen molar-refractivity contribution < 1.29 is 0 Å². The highest BCUT2D eigenvalue weighted by atomic mass is 35.5. The molecule has 26 heavy (non-hydrogen) atoms. The van der Waals surface area contributed by atoms with Crippen LogP contribution in [-0.2, 0) is 0 Å². The molecule has 5 heteroatoms. The summed E-state index contributed by atoms with van der Waals surface area (Å²) in [6, 6.07) is 14.2. The third kappa shape index (κ3) is 2.72. The second kappa shape index (κ2) is 6.67. The fourth-order valence-corrected chi connectivity index (χ4v) is 4.78. The molecule has 2 aromatic carbocycles. The molecule has 1 N–H and O–H groups in total. The Balaban J connectivity index is 1.78. The highest BCUT2D eigenvalue weighted by Crippen LogP contribution is 2.45. The molecule has 4 rings (SSSR count). The molecule has 0 atom stereocenters. The van der Waals surface area contributed by atoms with E-state index in [1.165, 1.54) is 11.1 Å². The van der Waals surface area contributed by atoms with Crippen molar-refractivity contribution in [2.75, 3.05) is 10.2 Å². The van der Waals surface area contributed by atoms with E-state index in [4.69, 9.17) is 28.8 Å². The van der Waals surface area contributed by atoms with Crippen molar-refractivity contribution in [3.8, 4) is 0 Å². The van der Waals surface area contributed by atoms with E-state index in [0.717, 1.165) is 42.9 Å². The molecule has 1 fully saturated rings. The minimum Gasteiger partial charge on any atom is -0.341 e. The van der Waals surface area contributed by atoms with Crippen molar-refractivity contribution in [3.63, 3.8) is 0 Å². The van der Waals surface area contributed by atoms with Crippen LogP contribution in [-0.4, -0.2) is 16.5 Å². The molecule has 1 saturated carbocycles. The molecule has 0 radical (unpaired) electrons. The van der Waals surface area contributed by atoms with E-state index >= 15 is 0 Å². The Morgan fingerprint density at radius 2 is 1.69 bits per heavy atom. The van der Waals surface area contributed by atoms with Crippen LogP contribution in [0.3, 0.4) is 0 Å². The number of halogens is 1. The lowest BCUT2D eigenvalue weighted by atomic mass is 9.93. The van der Waals surface area contributed by atoms with E-state index in [1.54, 1.807) is 0 Å². The van der Waals surface area contributed by atoms with E-state index in [2.05, 4.69) is 42.3 Å². The summed E-state index contributed by atoms with van der Waals surface area (Å²) >= 11 is 12.2. The summed E-state index contributed by atoms with van der Waals surface area (Å²) in [6.07, 6.45) is 4.37. The second-order valence-corrected chi connectivity index (χ2v) is 7.93. The third-order valence-electron chi connectivity index (χ3n) is 5.52. The van der Waals surface area contributed by atoms with E-state index < -0.39 is 0 Å². The average Bonchev–Trinajstić information content (AvgIpc) is 3.19. The number of thiocarbonyl (C=S) groups is 1. The summed E-state index contributed by atoms with van der Waals surface area (Å²) in [7, 11) is 0. The minimum atomic E-state index is -0.225. The van der Waals surface area contributed by atoms with Crippen LogP contribution < -0.4 is 10.2 Å². The van der Waals surface area contributed by atoms with Crippen molar-refractivity contribution in [2.24, 2.45) is 4.99 Å². The minimum absolute atomic E-state index is 0.225. The van der Waals surface area contributed by atoms with Gasteiger partial charge in [0.1, 0.15) is 11.4 Å². The van der Waals surface area contributed by atoms with Crippen LogP contribution in [0.5, 0.6) is 0 Å². The average molecular weight is 384 g/mol. The van der Waals surface area contributed by atoms with Crippen LogP contribution in [0.15, 0.2) is 47.5 Å². The van der Waals surface area contributed by atoms with Gasteiger partial charge in [0.05, 0.1) is 10.7 Å². The predicted molar refractivity (Wildman–Crippen MR) is 115 cm³/mol. The van der Waals surface area contributed by atoms with E-state index in [-0.39, 0.29) is 5.54 Å². The normalized spacial score (nSPS) is 18.5. The quantitative estimate of drug-likeness (QED) is 0.655. The zero-order chi connectivity index (χ0) is 18.3. The van der Waals surface area contributed by atoms with E-state index in [1.807, 2.05) is 24.3 Å². The lowest BCUT2D eigenvalue weighted by Crippen LogP contribution is -2.52. The molecule has 0 aromatic heterocycles. The number of hydrogen-bond donors (Lipinski definition) is 1. The Morgan fingerprint density at radius 1 is 1.04 bits per heavy atom. The number of hydrogen-bond acceptors (Lipinski definition) is 2. The predicted octanol–water partition coefficient (Wildman–Crippen LogP) is 5.89. The number of nitrogens with one attached hydrogen (secondary N) is 1. The summed E-state index contributed by atoms with van der Waals surface area (Å²) in [6.45, 7) is 4.24. The highest BCUT2D eigenvalue weighted by molar-refractivity contribution is 7.80. The first-order valence-electron chi connectivity index (χ1n) is 9.04. The Morgan fingerprint density at radius 3 is 2.35 bits per heavy atom. The third-order valence-corrected chi connectivity index (χ3v) is 6.11. The van der Waals surface area contributed by atoms with Crippen LogP contribution in [0.25, 0.3) is 0 Å². The van der Waals surface area contributed by atoms with Gasteiger partial charge in [-0.15, -0.1) is 0 Å². The molecule has 3 nitrogen and oxygen atoms in total. The lowest BCUT2D eigenvalue weighted by molar-refractivity contribution is 0.595. The van der Waals surface area contributed by atoms with Crippen molar-refractivity contribution >= 4 is 46.1 Å². The van der Waals surface area contributed by atoms with Crippen molar-refractivity contribution in [2.45, 2.75) is 45.1 Å². The smallest absolute Gasteiger partial charge is 0.202 e. The van der Waals surface area contributed by atoms with Gasteiger partial charge in [-0.3, -0.25) is 0 Å². The van der Waals surface area contributed by atoms with Crippen molar-refractivity contribution in [1.29, 1.82) is 0 Å². The van der Waals surface area contributed by atoms with Crippen LogP contribution >= 0.6 is 23.8 Å². The lowest BCUT2D eigenvalue weighted by Gasteiger charge is -2.37. The fourth-order valence-electron chi connectivity index (χ4n) is 4.20. The zero-order valence-corrected chi connectivity index (χ0v) is 16.6. The fraction of sp³-hybridized carbons (Fsp3) is 0.333. The molecule has 1 spiro atoms. The largest absolute Gasteiger partial charge is 0.341 e. The topological polar surface area (TPSA) is 27.6 Å². The Bertz CT molecular complexity index is 880. The van der Waals surface area contributed by atoms with Gasteiger partial charge in [0.25, 0.3) is 0 Å². The van der Waals surface area contributed by atoms with Gasteiger partial charge in [-0.1, -0.05) is 54.8 Å². The van der Waals surface area contributed by atoms with Crippen LogP contribution in [0, 0.1) is 13.8 Å². The van der Waals surface area contributed by atoms with Crippen LogP contribution in [0.4, 0.5) is 11.4 Å². The Kier molecular flexibility index (Phi) is 4.49. The molecular weight excluding hydrogens is 362 g/mol. The Hall–Kier alpha value is -1.91. The maximum atomic E-state index is 6.52. The van der Waals surface area contributed by atoms with Crippen LogP contribution in [0.2, 0.25) is 5.02 Å². The first-order valence-corrected chi connectivity index (χ1v) is 9.83. The van der Waals surface area contributed by atoms with Crippen molar-refractivity contribution in [3.05, 3.63) is 58.6 Å². The standard InChI is InChI=1S/C21H22ClN3S/c1-14-8-7-9-15(2)18(14)23-19-21(12-5-6-13-21)25(20(26)24-19)17-11-4-3-10-16(17)22/h3-4,7-11H,5-6,12-13H2,1-2H3,(H,23,24,26). The second-order valence-electron chi connectivity index (χ2n) is 7.16. The van der Waals surface area contributed by atoms with Gasteiger partial charge in [-0.2, -0.15) is 0 Å². The summed E-state index contributed by atoms with van der Waals surface area (Å²) in [5.41, 5.74) is 4.27. The molecule has 2 aromatic rings. The molecular formula is C21H22ClN3S. The highest BCUT2D eigenvalue weighted by Gasteiger charge is 2.51. The first-order chi connectivity index (χ1) is 12.5. The molecule has 1 aliphatic heterocycles. The van der Waals surface area contributed by atoms with Crippen molar-refractivity contribution in [1.82, 2.24) is 0 Å². The summed E-state index contributed by atoms with van der Waals surface area (Å²) < 4.78 is 0. The van der Waals surface area contributed by atoms with Gasteiger partial charge in [0, 0.05) is 5.69 Å². The zero-order valence-electron chi connectivity index (χ0n) is 15.1. The molecule has 2 aliphatic rings.